The van der Waals surface area contributed by atoms with E-state index in [1.807, 2.05) is 38.1 Å². The fraction of sp³-hybridized carbons (Fsp3) is 0.385. The molecule has 3 aromatic rings. The van der Waals surface area contributed by atoms with Crippen molar-refractivity contribution < 1.29 is 9.53 Å². The third-order valence-electron chi connectivity index (χ3n) is 6.37. The summed E-state index contributed by atoms with van der Waals surface area (Å²) in [6.07, 6.45) is 0. The maximum Gasteiger partial charge on any atom is 0.340 e. The number of carbonyl (C=O) groups is 1. The van der Waals surface area contributed by atoms with E-state index in [-0.39, 0.29) is 5.97 Å². The van der Waals surface area contributed by atoms with Crippen LogP contribution in [0.4, 0.5) is 5.69 Å². The van der Waals surface area contributed by atoms with E-state index in [0.717, 1.165) is 48.3 Å². The number of rotatable bonds is 5. The zero-order valence-corrected chi connectivity index (χ0v) is 18.9. The lowest BCUT2D eigenvalue weighted by molar-refractivity contribution is 0.0522. The highest BCUT2D eigenvalue weighted by molar-refractivity contribution is 5.98. The van der Waals surface area contributed by atoms with Gasteiger partial charge in [-0.15, -0.1) is 0 Å². The number of ether oxygens (including phenoxy) is 1. The van der Waals surface area contributed by atoms with Crippen molar-refractivity contribution in [2.75, 3.05) is 37.7 Å². The number of nitrogens with zero attached hydrogens (tertiary/aromatic N) is 3. The standard InChI is InChI=1S/C26H31N3O2/c1-5-31-26(30)25-20(4)21-10-6-7-11-22(21)27-23(25)17-28-13-15-29(16-14-28)24-12-8-9-18(2)19(24)3/h6-12H,5,13-17H2,1-4H3. The molecular weight excluding hydrogens is 386 g/mol. The van der Waals surface area contributed by atoms with E-state index in [1.54, 1.807) is 0 Å². The van der Waals surface area contributed by atoms with Gasteiger partial charge in [-0.25, -0.2) is 4.79 Å². The first-order chi connectivity index (χ1) is 15.0. The summed E-state index contributed by atoms with van der Waals surface area (Å²) >= 11 is 0. The maximum absolute atomic E-state index is 12.8. The quantitative estimate of drug-likeness (QED) is 0.565. The van der Waals surface area contributed by atoms with Crippen molar-refractivity contribution in [1.29, 1.82) is 0 Å². The van der Waals surface area contributed by atoms with Crippen molar-refractivity contribution in [3.63, 3.8) is 0 Å². The highest BCUT2D eigenvalue weighted by atomic mass is 16.5. The predicted octanol–water partition coefficient (Wildman–Crippen LogP) is 4.66. The fourth-order valence-electron chi connectivity index (χ4n) is 4.47. The van der Waals surface area contributed by atoms with Gasteiger partial charge < -0.3 is 9.64 Å². The topological polar surface area (TPSA) is 45.7 Å². The number of carbonyl (C=O) groups excluding carboxylic acids is 1. The van der Waals surface area contributed by atoms with Crippen LogP contribution in [0.2, 0.25) is 0 Å². The molecule has 1 aliphatic heterocycles. The number of benzene rings is 2. The van der Waals surface area contributed by atoms with Crippen molar-refractivity contribution in [2.24, 2.45) is 0 Å². The number of aromatic nitrogens is 1. The minimum Gasteiger partial charge on any atom is -0.462 e. The summed E-state index contributed by atoms with van der Waals surface area (Å²) in [6.45, 7) is 13.0. The molecule has 1 aromatic heterocycles. The molecule has 0 N–H and O–H groups in total. The van der Waals surface area contributed by atoms with Crippen LogP contribution in [0.5, 0.6) is 0 Å². The molecular formula is C26H31N3O2. The van der Waals surface area contributed by atoms with E-state index in [9.17, 15) is 4.79 Å². The molecule has 4 rings (SSSR count). The Kier molecular flexibility index (Phi) is 6.23. The summed E-state index contributed by atoms with van der Waals surface area (Å²) < 4.78 is 5.38. The Hall–Kier alpha value is -2.92. The van der Waals surface area contributed by atoms with Crippen LogP contribution < -0.4 is 4.90 Å². The third-order valence-corrected chi connectivity index (χ3v) is 6.37. The second-order valence-corrected chi connectivity index (χ2v) is 8.28. The first kappa shape index (κ1) is 21.3. The Labute approximate surface area is 184 Å². The minimum atomic E-state index is -0.276. The van der Waals surface area contributed by atoms with Crippen molar-refractivity contribution in [3.8, 4) is 0 Å². The number of fused-ring (bicyclic) bond motifs is 1. The lowest BCUT2D eigenvalue weighted by atomic mass is 10.0. The van der Waals surface area contributed by atoms with E-state index in [1.165, 1.54) is 16.8 Å². The third kappa shape index (κ3) is 4.28. The summed E-state index contributed by atoms with van der Waals surface area (Å²) in [5.74, 6) is -0.276. The summed E-state index contributed by atoms with van der Waals surface area (Å²) in [5, 5.41) is 1.01. The number of para-hydroxylation sites is 1. The molecule has 1 saturated heterocycles. The smallest absolute Gasteiger partial charge is 0.340 e. The van der Waals surface area contributed by atoms with Crippen LogP contribution in [0, 0.1) is 20.8 Å². The van der Waals surface area contributed by atoms with Gasteiger partial charge in [0.15, 0.2) is 0 Å². The van der Waals surface area contributed by atoms with Crippen LogP contribution >= 0.6 is 0 Å². The monoisotopic (exact) mass is 417 g/mol. The van der Waals surface area contributed by atoms with E-state index < -0.39 is 0 Å². The average molecular weight is 418 g/mol. The molecule has 162 valence electrons. The van der Waals surface area contributed by atoms with Gasteiger partial charge in [0.25, 0.3) is 0 Å². The fourth-order valence-corrected chi connectivity index (χ4v) is 4.47. The maximum atomic E-state index is 12.8. The van der Waals surface area contributed by atoms with Crippen molar-refractivity contribution in [3.05, 3.63) is 70.4 Å². The number of anilines is 1. The molecule has 1 aliphatic rings. The van der Waals surface area contributed by atoms with Crippen molar-refractivity contribution in [1.82, 2.24) is 9.88 Å². The molecule has 2 heterocycles. The van der Waals surface area contributed by atoms with Crippen LogP contribution in [0.25, 0.3) is 10.9 Å². The number of hydrogen-bond donors (Lipinski definition) is 0. The van der Waals surface area contributed by atoms with Crippen LogP contribution in [0.1, 0.15) is 39.7 Å². The predicted molar refractivity (Wildman–Crippen MR) is 126 cm³/mol. The number of piperazine rings is 1. The Balaban J connectivity index is 1.57. The summed E-state index contributed by atoms with van der Waals surface area (Å²) in [6, 6.07) is 14.5. The number of hydrogen-bond acceptors (Lipinski definition) is 5. The number of esters is 1. The molecule has 1 fully saturated rings. The Morgan fingerprint density at radius 3 is 2.45 bits per heavy atom. The van der Waals surface area contributed by atoms with E-state index in [4.69, 9.17) is 9.72 Å². The molecule has 0 spiro atoms. The molecule has 0 aliphatic carbocycles. The van der Waals surface area contributed by atoms with Gasteiger partial charge in [-0.3, -0.25) is 9.88 Å². The summed E-state index contributed by atoms with van der Waals surface area (Å²) in [7, 11) is 0. The molecule has 31 heavy (non-hydrogen) atoms. The molecule has 0 radical (unpaired) electrons. The van der Waals surface area contributed by atoms with Crippen LogP contribution in [0.3, 0.4) is 0 Å². The van der Waals surface area contributed by atoms with Gasteiger partial charge in [-0.2, -0.15) is 0 Å². The molecule has 2 aromatic carbocycles. The lowest BCUT2D eigenvalue weighted by Crippen LogP contribution is -2.46. The molecule has 0 bridgehead atoms. The van der Waals surface area contributed by atoms with Gasteiger partial charge in [-0.05, 0) is 56.5 Å². The van der Waals surface area contributed by atoms with Crippen LogP contribution in [-0.2, 0) is 11.3 Å². The van der Waals surface area contributed by atoms with Crippen molar-refractivity contribution >= 4 is 22.6 Å². The van der Waals surface area contributed by atoms with E-state index >= 15 is 0 Å². The summed E-state index contributed by atoms with van der Waals surface area (Å²) in [4.78, 5) is 22.5. The SMILES string of the molecule is CCOC(=O)c1c(CN2CCN(c3cccc(C)c3C)CC2)nc2ccccc2c1C. The molecule has 0 amide bonds. The second-order valence-electron chi connectivity index (χ2n) is 8.28. The molecule has 0 atom stereocenters. The van der Waals surface area contributed by atoms with Crippen LogP contribution in [0.15, 0.2) is 42.5 Å². The van der Waals surface area contributed by atoms with Crippen LogP contribution in [-0.4, -0.2) is 48.6 Å². The zero-order chi connectivity index (χ0) is 22.0. The number of aryl methyl sites for hydroxylation is 2. The molecule has 5 heteroatoms. The normalized spacial score (nSPS) is 14.8. The Morgan fingerprint density at radius 2 is 1.71 bits per heavy atom. The first-order valence-electron chi connectivity index (χ1n) is 11.1. The Bertz CT molecular complexity index is 1100. The first-order valence-corrected chi connectivity index (χ1v) is 11.1. The van der Waals surface area contributed by atoms with E-state index in [0.29, 0.717) is 18.7 Å². The van der Waals surface area contributed by atoms with Gasteiger partial charge in [0, 0.05) is 43.8 Å². The highest BCUT2D eigenvalue weighted by Crippen LogP contribution is 2.27. The lowest BCUT2D eigenvalue weighted by Gasteiger charge is -2.37. The van der Waals surface area contributed by atoms with Gasteiger partial charge in [-0.1, -0.05) is 30.3 Å². The molecule has 0 saturated carbocycles. The zero-order valence-electron chi connectivity index (χ0n) is 18.9. The number of pyridine rings is 1. The van der Waals surface area contributed by atoms with E-state index in [2.05, 4.69) is 41.8 Å². The average Bonchev–Trinajstić information content (AvgIpc) is 2.77. The Morgan fingerprint density at radius 1 is 0.968 bits per heavy atom. The second kappa shape index (κ2) is 9.06. The molecule has 0 unspecified atom stereocenters. The van der Waals surface area contributed by atoms with Gasteiger partial charge in [0.1, 0.15) is 0 Å². The van der Waals surface area contributed by atoms with Crippen molar-refractivity contribution in [2.45, 2.75) is 34.2 Å². The van der Waals surface area contributed by atoms with Gasteiger partial charge >= 0.3 is 5.97 Å². The minimum absolute atomic E-state index is 0.276. The largest absolute Gasteiger partial charge is 0.462 e. The molecule has 5 nitrogen and oxygen atoms in total. The van der Waals surface area contributed by atoms with Gasteiger partial charge in [0.2, 0.25) is 0 Å². The van der Waals surface area contributed by atoms with Gasteiger partial charge in [0.05, 0.1) is 23.4 Å². The summed E-state index contributed by atoms with van der Waals surface area (Å²) in [5.41, 5.74) is 7.33. The highest BCUT2D eigenvalue weighted by Gasteiger charge is 2.24.